The van der Waals surface area contributed by atoms with E-state index in [1.807, 2.05) is 25.8 Å². The molecule has 1 aromatic heterocycles. The Morgan fingerprint density at radius 1 is 1.39 bits per heavy atom. The average Bonchev–Trinajstić information content (AvgIpc) is 2.35. The molecule has 1 aromatic rings. The summed E-state index contributed by atoms with van der Waals surface area (Å²) >= 11 is 0. The largest absolute Gasteiger partial charge is 0.350 e. The quantitative estimate of drug-likeness (QED) is 0.837. The SMILES string of the molecule is CCCCN(C)c1ncc(C(=O)NC(C)C)cn1. The fourth-order valence-corrected chi connectivity index (χ4v) is 1.48. The Morgan fingerprint density at radius 2 is 2.00 bits per heavy atom. The van der Waals surface area contributed by atoms with Gasteiger partial charge in [0, 0.05) is 32.0 Å². The highest BCUT2D eigenvalue weighted by Gasteiger charge is 2.09. The number of hydrogen-bond acceptors (Lipinski definition) is 4. The lowest BCUT2D eigenvalue weighted by Gasteiger charge is -2.16. The molecular formula is C13H22N4O. The minimum Gasteiger partial charge on any atom is -0.350 e. The van der Waals surface area contributed by atoms with Gasteiger partial charge in [0.2, 0.25) is 5.95 Å². The maximum Gasteiger partial charge on any atom is 0.254 e. The number of hydrogen-bond donors (Lipinski definition) is 1. The Labute approximate surface area is 109 Å². The Balaban J connectivity index is 2.64. The fourth-order valence-electron chi connectivity index (χ4n) is 1.48. The first-order valence-electron chi connectivity index (χ1n) is 6.38. The number of unbranched alkanes of at least 4 members (excludes halogenated alkanes) is 1. The molecule has 0 atom stereocenters. The van der Waals surface area contributed by atoms with Gasteiger partial charge in [0.05, 0.1) is 5.56 Å². The second-order valence-corrected chi connectivity index (χ2v) is 4.68. The molecule has 0 saturated carbocycles. The summed E-state index contributed by atoms with van der Waals surface area (Å²) in [5.74, 6) is 0.525. The summed E-state index contributed by atoms with van der Waals surface area (Å²) in [6.07, 6.45) is 5.39. The van der Waals surface area contributed by atoms with Crippen LogP contribution in [-0.4, -0.2) is 35.5 Å². The Hall–Kier alpha value is -1.65. The minimum atomic E-state index is -0.132. The summed E-state index contributed by atoms with van der Waals surface area (Å²) < 4.78 is 0. The lowest BCUT2D eigenvalue weighted by Crippen LogP contribution is -2.30. The molecule has 18 heavy (non-hydrogen) atoms. The van der Waals surface area contributed by atoms with Gasteiger partial charge in [-0.15, -0.1) is 0 Å². The van der Waals surface area contributed by atoms with Gasteiger partial charge in [-0.2, -0.15) is 0 Å². The van der Waals surface area contributed by atoms with Crippen molar-refractivity contribution in [2.24, 2.45) is 0 Å². The van der Waals surface area contributed by atoms with Gasteiger partial charge in [-0.1, -0.05) is 13.3 Å². The highest BCUT2D eigenvalue weighted by Crippen LogP contribution is 2.06. The predicted molar refractivity (Wildman–Crippen MR) is 72.8 cm³/mol. The van der Waals surface area contributed by atoms with E-state index in [4.69, 9.17) is 0 Å². The molecule has 0 saturated heterocycles. The van der Waals surface area contributed by atoms with E-state index in [9.17, 15) is 4.79 Å². The number of carbonyl (C=O) groups excluding carboxylic acids is 1. The molecule has 0 aromatic carbocycles. The molecule has 5 heteroatoms. The molecule has 5 nitrogen and oxygen atoms in total. The Kier molecular flexibility index (Phi) is 5.55. The first-order chi connectivity index (χ1) is 8.54. The van der Waals surface area contributed by atoms with Gasteiger partial charge >= 0.3 is 0 Å². The molecule has 1 N–H and O–H groups in total. The third kappa shape index (κ3) is 4.31. The lowest BCUT2D eigenvalue weighted by molar-refractivity contribution is 0.0942. The van der Waals surface area contributed by atoms with E-state index in [0.29, 0.717) is 11.5 Å². The zero-order valence-corrected chi connectivity index (χ0v) is 11.6. The van der Waals surface area contributed by atoms with Crippen molar-refractivity contribution in [1.29, 1.82) is 0 Å². The van der Waals surface area contributed by atoms with Gasteiger partial charge in [-0.3, -0.25) is 4.79 Å². The fraction of sp³-hybridized carbons (Fsp3) is 0.615. The van der Waals surface area contributed by atoms with Crippen LogP contribution in [-0.2, 0) is 0 Å². The van der Waals surface area contributed by atoms with E-state index in [1.54, 1.807) is 12.4 Å². The molecule has 1 amide bonds. The van der Waals surface area contributed by atoms with Crippen LogP contribution in [0.25, 0.3) is 0 Å². The van der Waals surface area contributed by atoms with Crippen LogP contribution in [0.4, 0.5) is 5.95 Å². The molecule has 0 spiro atoms. The molecule has 0 radical (unpaired) electrons. The number of carbonyl (C=O) groups is 1. The van der Waals surface area contributed by atoms with Crippen LogP contribution < -0.4 is 10.2 Å². The van der Waals surface area contributed by atoms with Crippen molar-refractivity contribution in [3.8, 4) is 0 Å². The van der Waals surface area contributed by atoms with Crippen molar-refractivity contribution in [3.05, 3.63) is 18.0 Å². The normalized spacial score (nSPS) is 10.5. The predicted octanol–water partition coefficient (Wildman–Crippen LogP) is 1.85. The van der Waals surface area contributed by atoms with E-state index < -0.39 is 0 Å². The summed E-state index contributed by atoms with van der Waals surface area (Å²) in [5.41, 5.74) is 0.497. The van der Waals surface area contributed by atoms with Crippen molar-refractivity contribution in [1.82, 2.24) is 15.3 Å². The molecule has 0 fully saturated rings. The molecule has 0 aliphatic carbocycles. The number of nitrogens with zero attached hydrogens (tertiary/aromatic N) is 3. The van der Waals surface area contributed by atoms with E-state index >= 15 is 0 Å². The van der Waals surface area contributed by atoms with Crippen LogP contribution in [0.2, 0.25) is 0 Å². The third-order valence-corrected chi connectivity index (χ3v) is 2.51. The number of anilines is 1. The van der Waals surface area contributed by atoms with Gasteiger partial charge in [0.1, 0.15) is 0 Å². The number of aromatic nitrogens is 2. The monoisotopic (exact) mass is 250 g/mol. The summed E-state index contributed by atoms with van der Waals surface area (Å²) in [5, 5.41) is 2.81. The molecule has 0 aliphatic rings. The first-order valence-corrected chi connectivity index (χ1v) is 6.38. The van der Waals surface area contributed by atoms with Gasteiger partial charge in [0.25, 0.3) is 5.91 Å². The molecule has 1 heterocycles. The summed E-state index contributed by atoms with van der Waals surface area (Å²) in [6, 6.07) is 0.115. The smallest absolute Gasteiger partial charge is 0.254 e. The van der Waals surface area contributed by atoms with Crippen molar-refractivity contribution >= 4 is 11.9 Å². The van der Waals surface area contributed by atoms with Crippen LogP contribution in [0, 0.1) is 0 Å². The van der Waals surface area contributed by atoms with E-state index in [0.717, 1.165) is 19.4 Å². The van der Waals surface area contributed by atoms with Gasteiger partial charge in [0.15, 0.2) is 0 Å². The highest BCUT2D eigenvalue weighted by atomic mass is 16.1. The van der Waals surface area contributed by atoms with Crippen molar-refractivity contribution in [3.63, 3.8) is 0 Å². The molecule has 100 valence electrons. The highest BCUT2D eigenvalue weighted by molar-refractivity contribution is 5.93. The number of nitrogens with one attached hydrogen (secondary N) is 1. The van der Waals surface area contributed by atoms with E-state index in [2.05, 4.69) is 22.2 Å². The minimum absolute atomic E-state index is 0.115. The number of rotatable bonds is 6. The first kappa shape index (κ1) is 14.4. The number of amides is 1. The zero-order chi connectivity index (χ0) is 13.5. The van der Waals surface area contributed by atoms with Crippen LogP contribution in [0.3, 0.4) is 0 Å². The van der Waals surface area contributed by atoms with E-state index in [-0.39, 0.29) is 11.9 Å². The second kappa shape index (κ2) is 6.93. The maximum absolute atomic E-state index is 11.7. The zero-order valence-electron chi connectivity index (χ0n) is 11.6. The van der Waals surface area contributed by atoms with Crippen LogP contribution in [0.1, 0.15) is 44.0 Å². The van der Waals surface area contributed by atoms with Crippen molar-refractivity contribution in [2.45, 2.75) is 39.7 Å². The van der Waals surface area contributed by atoms with Crippen molar-refractivity contribution < 1.29 is 4.79 Å². The molecule has 0 aliphatic heterocycles. The van der Waals surface area contributed by atoms with Crippen LogP contribution in [0.15, 0.2) is 12.4 Å². The van der Waals surface area contributed by atoms with Crippen LogP contribution in [0.5, 0.6) is 0 Å². The van der Waals surface area contributed by atoms with Gasteiger partial charge < -0.3 is 10.2 Å². The summed E-state index contributed by atoms with van der Waals surface area (Å²) in [4.78, 5) is 22.1. The maximum atomic E-state index is 11.7. The van der Waals surface area contributed by atoms with E-state index in [1.165, 1.54) is 0 Å². The standard InChI is InChI=1S/C13H22N4O/c1-5-6-7-17(4)13-14-8-11(9-15-13)12(18)16-10(2)3/h8-10H,5-7H2,1-4H3,(H,16,18). The van der Waals surface area contributed by atoms with Crippen molar-refractivity contribution in [2.75, 3.05) is 18.5 Å². The molecule has 0 unspecified atom stereocenters. The summed E-state index contributed by atoms with van der Waals surface area (Å²) in [6.45, 7) is 6.92. The second-order valence-electron chi connectivity index (χ2n) is 4.68. The Bertz CT molecular complexity index is 375. The molecule has 1 rings (SSSR count). The van der Waals surface area contributed by atoms with Crippen LogP contribution >= 0.6 is 0 Å². The summed E-state index contributed by atoms with van der Waals surface area (Å²) in [7, 11) is 1.96. The topological polar surface area (TPSA) is 58.1 Å². The molecule has 0 bridgehead atoms. The lowest BCUT2D eigenvalue weighted by atomic mass is 10.3. The third-order valence-electron chi connectivity index (χ3n) is 2.51. The Morgan fingerprint density at radius 3 is 2.50 bits per heavy atom. The average molecular weight is 250 g/mol. The molecular weight excluding hydrogens is 228 g/mol. The van der Waals surface area contributed by atoms with Gasteiger partial charge in [-0.05, 0) is 20.3 Å². The van der Waals surface area contributed by atoms with Gasteiger partial charge in [-0.25, -0.2) is 9.97 Å².